The molecule has 2 saturated heterocycles. The fourth-order valence-electron chi connectivity index (χ4n) is 5.16. The lowest BCUT2D eigenvalue weighted by atomic mass is 9.76. The molecule has 2 aromatic rings. The molecule has 0 radical (unpaired) electrons. The largest absolute Gasteiger partial charge is 0.360 e. The summed E-state index contributed by atoms with van der Waals surface area (Å²) < 4.78 is 8.15. The summed E-state index contributed by atoms with van der Waals surface area (Å²) in [5.41, 5.74) is 1.76. The number of imidazole rings is 1. The highest BCUT2D eigenvalue weighted by molar-refractivity contribution is 5.93. The van der Waals surface area contributed by atoms with E-state index in [9.17, 15) is 9.59 Å². The Bertz CT molecular complexity index is 1040. The summed E-state index contributed by atoms with van der Waals surface area (Å²) in [5.74, 6) is -0.146. The third-order valence-corrected chi connectivity index (χ3v) is 6.93. The molecular formula is C24H28N4O3. The number of hydrogen-bond donors (Lipinski definition) is 0. The van der Waals surface area contributed by atoms with Gasteiger partial charge in [0, 0.05) is 33.0 Å². The van der Waals surface area contributed by atoms with Crippen molar-refractivity contribution in [2.24, 2.45) is 18.9 Å². The van der Waals surface area contributed by atoms with Crippen LogP contribution in [0.5, 0.6) is 0 Å². The van der Waals surface area contributed by atoms with E-state index in [0.29, 0.717) is 19.6 Å². The predicted molar refractivity (Wildman–Crippen MR) is 115 cm³/mol. The van der Waals surface area contributed by atoms with Crippen LogP contribution in [0.15, 0.2) is 48.8 Å². The van der Waals surface area contributed by atoms with E-state index in [1.54, 1.807) is 18.1 Å². The third-order valence-electron chi connectivity index (χ3n) is 6.93. The Labute approximate surface area is 182 Å². The van der Waals surface area contributed by atoms with Crippen LogP contribution >= 0.6 is 0 Å². The van der Waals surface area contributed by atoms with Crippen LogP contribution in [0.25, 0.3) is 0 Å². The van der Waals surface area contributed by atoms with E-state index in [4.69, 9.17) is 4.74 Å². The minimum Gasteiger partial charge on any atom is -0.360 e. The molecule has 0 aliphatic carbocycles. The zero-order chi connectivity index (χ0) is 21.8. The highest BCUT2D eigenvalue weighted by Crippen LogP contribution is 2.52. The molecule has 31 heavy (non-hydrogen) atoms. The van der Waals surface area contributed by atoms with Gasteiger partial charge in [-0.25, -0.2) is 4.98 Å². The van der Waals surface area contributed by atoms with E-state index >= 15 is 0 Å². The van der Waals surface area contributed by atoms with Crippen LogP contribution in [0.3, 0.4) is 0 Å². The molecule has 1 aromatic carbocycles. The number of ether oxygens (including phenoxy) is 1. The van der Waals surface area contributed by atoms with Gasteiger partial charge in [-0.05, 0) is 18.9 Å². The minimum atomic E-state index is -0.667. The number of aryl methyl sites for hydroxylation is 2. The number of fused-ring (bicyclic) bond motifs is 1. The van der Waals surface area contributed by atoms with Crippen molar-refractivity contribution in [2.45, 2.75) is 31.6 Å². The van der Waals surface area contributed by atoms with Crippen LogP contribution in [0.2, 0.25) is 0 Å². The van der Waals surface area contributed by atoms with Crippen molar-refractivity contribution in [3.63, 3.8) is 0 Å². The van der Waals surface area contributed by atoms with Gasteiger partial charge in [0.25, 0.3) is 0 Å². The number of likely N-dealkylation sites (tertiary alicyclic amines) is 1. The van der Waals surface area contributed by atoms with Gasteiger partial charge in [-0.15, -0.1) is 0 Å². The normalized spacial score (nSPS) is 28.4. The summed E-state index contributed by atoms with van der Waals surface area (Å²) in [6, 6.07) is 8.40. The molecule has 4 atom stereocenters. The molecule has 1 aromatic heterocycles. The summed E-state index contributed by atoms with van der Waals surface area (Å²) >= 11 is 0. The Kier molecular flexibility index (Phi) is 4.73. The summed E-state index contributed by atoms with van der Waals surface area (Å²) in [6.07, 6.45) is 8.01. The van der Waals surface area contributed by atoms with Gasteiger partial charge >= 0.3 is 0 Å². The second-order valence-electron chi connectivity index (χ2n) is 9.04. The van der Waals surface area contributed by atoms with Crippen molar-refractivity contribution in [3.05, 3.63) is 65.8 Å². The van der Waals surface area contributed by atoms with Crippen molar-refractivity contribution < 1.29 is 14.3 Å². The Hall–Kier alpha value is -2.93. The quantitative estimate of drug-likeness (QED) is 0.668. The van der Waals surface area contributed by atoms with E-state index < -0.39 is 17.4 Å². The second-order valence-corrected chi connectivity index (χ2v) is 9.04. The molecule has 2 fully saturated rings. The zero-order valence-electron chi connectivity index (χ0n) is 18.2. The number of benzene rings is 1. The summed E-state index contributed by atoms with van der Waals surface area (Å²) in [5, 5.41) is 0. The molecule has 3 aliphatic heterocycles. The number of rotatable bonds is 6. The van der Waals surface area contributed by atoms with Crippen molar-refractivity contribution in [1.29, 1.82) is 0 Å². The first-order valence-corrected chi connectivity index (χ1v) is 10.8. The number of nitrogens with zero attached hydrogens (tertiary/aromatic N) is 4. The van der Waals surface area contributed by atoms with Gasteiger partial charge < -0.3 is 19.1 Å². The van der Waals surface area contributed by atoms with Gasteiger partial charge in [-0.1, -0.05) is 42.0 Å². The number of aromatic nitrogens is 2. The molecule has 4 heterocycles. The molecule has 0 N–H and O–H groups in total. The van der Waals surface area contributed by atoms with Gasteiger partial charge in [0.2, 0.25) is 11.8 Å². The Morgan fingerprint density at radius 1 is 1.32 bits per heavy atom. The minimum absolute atomic E-state index is 0.0303. The Morgan fingerprint density at radius 3 is 2.81 bits per heavy atom. The highest BCUT2D eigenvalue weighted by atomic mass is 16.5. The zero-order valence-corrected chi connectivity index (χ0v) is 18.2. The lowest BCUT2D eigenvalue weighted by Crippen LogP contribution is -2.44. The first-order valence-electron chi connectivity index (χ1n) is 10.8. The van der Waals surface area contributed by atoms with E-state index in [1.165, 1.54) is 11.1 Å². The molecule has 7 heteroatoms. The van der Waals surface area contributed by atoms with Crippen molar-refractivity contribution in [2.75, 3.05) is 20.1 Å². The van der Waals surface area contributed by atoms with Crippen molar-refractivity contribution in [3.8, 4) is 0 Å². The van der Waals surface area contributed by atoms with E-state index in [2.05, 4.69) is 36.2 Å². The van der Waals surface area contributed by atoms with Crippen LogP contribution in [0, 0.1) is 18.8 Å². The van der Waals surface area contributed by atoms with Gasteiger partial charge in [0.05, 0.1) is 31.0 Å². The maximum Gasteiger partial charge on any atom is 0.230 e. The molecule has 1 spiro atoms. The van der Waals surface area contributed by atoms with Crippen LogP contribution in [-0.2, 0) is 34.3 Å². The Balaban J connectivity index is 1.31. The molecule has 2 bridgehead atoms. The van der Waals surface area contributed by atoms with Crippen LogP contribution < -0.4 is 0 Å². The first-order chi connectivity index (χ1) is 14.9. The monoisotopic (exact) mass is 420 g/mol. The summed E-state index contributed by atoms with van der Waals surface area (Å²) in [6.45, 7) is 3.62. The van der Waals surface area contributed by atoms with Gasteiger partial charge in [0.1, 0.15) is 11.4 Å². The first kappa shape index (κ1) is 20.0. The van der Waals surface area contributed by atoms with E-state index in [0.717, 1.165) is 12.2 Å². The molecule has 162 valence electrons. The third kappa shape index (κ3) is 3.28. The standard InChI is InChI=1S/C24H28N4O3/c1-16-4-6-17(7-5-16)9-12-28-15-24-10-8-18(31-24)20(21(24)23(28)30)22(29)27(3)14-19-25-11-13-26(19)2/h4-8,10-11,13,18,20-21H,9,12,14-15H2,1-3H3/t18-,20?,21?,24-/m0/s1. The second kappa shape index (κ2) is 7.34. The van der Waals surface area contributed by atoms with Gasteiger partial charge in [-0.3, -0.25) is 9.59 Å². The topological polar surface area (TPSA) is 67.7 Å². The summed E-state index contributed by atoms with van der Waals surface area (Å²) in [4.78, 5) is 34.6. The number of hydrogen-bond acceptors (Lipinski definition) is 4. The average Bonchev–Trinajstić information content (AvgIpc) is 3.49. The Morgan fingerprint density at radius 2 is 2.10 bits per heavy atom. The molecular weight excluding hydrogens is 392 g/mol. The predicted octanol–water partition coefficient (Wildman–Crippen LogP) is 1.71. The van der Waals surface area contributed by atoms with Crippen LogP contribution in [-0.4, -0.2) is 63.0 Å². The number of carbonyl (C=O) groups excluding carboxylic acids is 2. The van der Waals surface area contributed by atoms with Gasteiger partial charge in [-0.2, -0.15) is 0 Å². The molecule has 5 rings (SSSR count). The lowest BCUT2D eigenvalue weighted by molar-refractivity contribution is -0.142. The SMILES string of the molecule is Cc1ccc(CCN2C[C@]34C=C[C@H](O3)C(C(=O)N(C)Cc3nccn3C)C4C2=O)cc1. The summed E-state index contributed by atoms with van der Waals surface area (Å²) in [7, 11) is 3.68. The maximum absolute atomic E-state index is 13.4. The highest BCUT2D eigenvalue weighted by Gasteiger charge is 2.66. The van der Waals surface area contributed by atoms with Crippen molar-refractivity contribution in [1.82, 2.24) is 19.4 Å². The molecule has 3 aliphatic rings. The van der Waals surface area contributed by atoms with E-state index in [1.807, 2.05) is 34.9 Å². The smallest absolute Gasteiger partial charge is 0.230 e. The van der Waals surface area contributed by atoms with Gasteiger partial charge in [0.15, 0.2) is 0 Å². The molecule has 7 nitrogen and oxygen atoms in total. The average molecular weight is 421 g/mol. The van der Waals surface area contributed by atoms with Crippen LogP contribution in [0.4, 0.5) is 0 Å². The van der Waals surface area contributed by atoms with Crippen LogP contribution in [0.1, 0.15) is 17.0 Å². The number of carbonyl (C=O) groups is 2. The fraction of sp³-hybridized carbons (Fsp3) is 0.458. The number of amides is 2. The van der Waals surface area contributed by atoms with E-state index in [-0.39, 0.29) is 17.9 Å². The fourth-order valence-corrected chi connectivity index (χ4v) is 5.16. The molecule has 2 amide bonds. The lowest BCUT2D eigenvalue weighted by Gasteiger charge is -2.27. The maximum atomic E-state index is 13.4. The molecule has 2 unspecified atom stereocenters. The molecule has 0 saturated carbocycles. The van der Waals surface area contributed by atoms with Crippen molar-refractivity contribution >= 4 is 11.8 Å².